The van der Waals surface area contributed by atoms with Crippen LogP contribution in [0.3, 0.4) is 0 Å². The Labute approximate surface area is 144 Å². The van der Waals surface area contributed by atoms with Crippen molar-refractivity contribution in [2.24, 2.45) is 0 Å². The number of anilines is 3. The monoisotopic (exact) mass is 339 g/mol. The zero-order valence-corrected chi connectivity index (χ0v) is 13.8. The lowest BCUT2D eigenvalue weighted by atomic mass is 10.1. The second kappa shape index (κ2) is 7.87. The summed E-state index contributed by atoms with van der Waals surface area (Å²) < 4.78 is 0. The molecular weight excluding hydrogens is 322 g/mol. The number of rotatable bonds is 4. The van der Waals surface area contributed by atoms with Gasteiger partial charge in [0.2, 0.25) is 5.91 Å². The quantitative estimate of drug-likeness (QED) is 0.588. The number of benzene rings is 2. The van der Waals surface area contributed by atoms with Gasteiger partial charge in [0.1, 0.15) is 0 Å². The molecule has 0 heterocycles. The molecule has 0 saturated heterocycles. The number of hydrogen-bond acceptors (Lipinski definition) is 4. The van der Waals surface area contributed by atoms with E-state index in [1.165, 1.54) is 13.8 Å². The molecule has 0 unspecified atom stereocenters. The number of carbonyl (C=O) groups excluding carboxylic acids is 4. The van der Waals surface area contributed by atoms with Crippen LogP contribution in [0.5, 0.6) is 0 Å². The SMILES string of the molecule is CC(=O)Nc1ccc(NC(=O)C(=O)Nc2ccc(C(C)=O)cc2)cc1. The smallest absolute Gasteiger partial charge is 0.314 e. The van der Waals surface area contributed by atoms with Crippen molar-refractivity contribution in [3.8, 4) is 0 Å². The van der Waals surface area contributed by atoms with Gasteiger partial charge in [0.05, 0.1) is 0 Å². The molecule has 0 aliphatic rings. The van der Waals surface area contributed by atoms with Gasteiger partial charge in [0.15, 0.2) is 5.78 Å². The van der Waals surface area contributed by atoms with Crippen LogP contribution in [0.25, 0.3) is 0 Å². The molecule has 0 bridgehead atoms. The highest BCUT2D eigenvalue weighted by Crippen LogP contribution is 2.14. The van der Waals surface area contributed by atoms with E-state index in [2.05, 4.69) is 16.0 Å². The first kappa shape index (κ1) is 17.9. The minimum atomic E-state index is -0.832. The van der Waals surface area contributed by atoms with E-state index < -0.39 is 11.8 Å². The Morgan fingerprint density at radius 2 is 0.960 bits per heavy atom. The molecule has 0 spiro atoms. The van der Waals surface area contributed by atoms with E-state index in [4.69, 9.17) is 0 Å². The normalized spacial score (nSPS) is 9.84. The summed E-state index contributed by atoms with van der Waals surface area (Å²) >= 11 is 0. The highest BCUT2D eigenvalue weighted by Gasteiger charge is 2.14. The summed E-state index contributed by atoms with van der Waals surface area (Å²) in [7, 11) is 0. The maximum atomic E-state index is 11.9. The van der Waals surface area contributed by atoms with Gasteiger partial charge < -0.3 is 16.0 Å². The molecule has 2 rings (SSSR count). The van der Waals surface area contributed by atoms with Crippen molar-refractivity contribution in [2.45, 2.75) is 13.8 Å². The molecule has 25 heavy (non-hydrogen) atoms. The minimum absolute atomic E-state index is 0.0849. The Morgan fingerprint density at radius 1 is 0.600 bits per heavy atom. The minimum Gasteiger partial charge on any atom is -0.326 e. The van der Waals surface area contributed by atoms with Crippen LogP contribution < -0.4 is 16.0 Å². The molecule has 0 radical (unpaired) electrons. The summed E-state index contributed by atoms with van der Waals surface area (Å²) in [6.07, 6.45) is 0. The Morgan fingerprint density at radius 3 is 1.32 bits per heavy atom. The standard InChI is InChI=1S/C18H17N3O4/c1-11(22)13-3-5-15(6-4-13)20-17(24)18(25)21-16-9-7-14(8-10-16)19-12(2)23/h3-10H,1-2H3,(H,19,23)(H,20,24)(H,21,25). The van der Waals surface area contributed by atoms with Gasteiger partial charge in [-0.3, -0.25) is 19.2 Å². The van der Waals surface area contributed by atoms with Gasteiger partial charge in [-0.25, -0.2) is 0 Å². The molecule has 128 valence electrons. The zero-order chi connectivity index (χ0) is 18.4. The number of carbonyl (C=O) groups is 4. The van der Waals surface area contributed by atoms with Crippen LogP contribution in [0.2, 0.25) is 0 Å². The Bertz CT molecular complexity index is 811. The average molecular weight is 339 g/mol. The number of amides is 3. The summed E-state index contributed by atoms with van der Waals surface area (Å²) in [6, 6.07) is 12.6. The fraction of sp³-hybridized carbons (Fsp3) is 0.111. The van der Waals surface area contributed by atoms with E-state index in [9.17, 15) is 19.2 Å². The first-order valence-electron chi connectivity index (χ1n) is 7.46. The summed E-state index contributed by atoms with van der Waals surface area (Å²) in [6.45, 7) is 2.83. The van der Waals surface area contributed by atoms with Gasteiger partial charge in [-0.2, -0.15) is 0 Å². The van der Waals surface area contributed by atoms with Crippen LogP contribution in [0.4, 0.5) is 17.1 Å². The van der Waals surface area contributed by atoms with Crippen LogP contribution in [-0.4, -0.2) is 23.5 Å². The van der Waals surface area contributed by atoms with Crippen LogP contribution in [0.15, 0.2) is 48.5 Å². The van der Waals surface area contributed by atoms with Crippen molar-refractivity contribution in [3.63, 3.8) is 0 Å². The fourth-order valence-electron chi connectivity index (χ4n) is 2.00. The third-order valence-electron chi connectivity index (χ3n) is 3.22. The van der Waals surface area contributed by atoms with Crippen molar-refractivity contribution in [1.82, 2.24) is 0 Å². The molecule has 7 nitrogen and oxygen atoms in total. The zero-order valence-electron chi connectivity index (χ0n) is 13.8. The molecule has 2 aromatic carbocycles. The topological polar surface area (TPSA) is 104 Å². The van der Waals surface area contributed by atoms with Crippen LogP contribution in [0, 0.1) is 0 Å². The number of hydrogen-bond donors (Lipinski definition) is 3. The number of Topliss-reactive ketones (excluding diaryl/α,β-unsaturated/α-hetero) is 1. The number of ketones is 1. The van der Waals surface area contributed by atoms with Crippen molar-refractivity contribution in [1.29, 1.82) is 0 Å². The molecule has 3 amide bonds. The highest BCUT2D eigenvalue weighted by atomic mass is 16.2. The van der Waals surface area contributed by atoms with E-state index in [0.29, 0.717) is 22.6 Å². The third-order valence-corrected chi connectivity index (χ3v) is 3.22. The predicted molar refractivity (Wildman–Crippen MR) is 94.5 cm³/mol. The summed E-state index contributed by atoms with van der Waals surface area (Å²) in [5.74, 6) is -1.95. The Kier molecular flexibility index (Phi) is 5.62. The van der Waals surface area contributed by atoms with Gasteiger partial charge in [0.25, 0.3) is 0 Å². The van der Waals surface area contributed by atoms with Gasteiger partial charge in [-0.15, -0.1) is 0 Å². The van der Waals surface area contributed by atoms with Crippen molar-refractivity contribution in [3.05, 3.63) is 54.1 Å². The molecule has 0 atom stereocenters. The lowest BCUT2D eigenvalue weighted by molar-refractivity contribution is -0.132. The van der Waals surface area contributed by atoms with Crippen molar-refractivity contribution >= 4 is 40.6 Å². The van der Waals surface area contributed by atoms with Crippen LogP contribution in [-0.2, 0) is 14.4 Å². The van der Waals surface area contributed by atoms with E-state index in [1.807, 2.05) is 0 Å². The number of nitrogens with one attached hydrogen (secondary N) is 3. The Balaban J connectivity index is 1.94. The highest BCUT2D eigenvalue weighted by molar-refractivity contribution is 6.43. The summed E-state index contributed by atoms with van der Waals surface area (Å²) in [5.41, 5.74) is 1.93. The molecule has 0 aliphatic heterocycles. The second-order valence-corrected chi connectivity index (χ2v) is 5.30. The van der Waals surface area contributed by atoms with E-state index in [-0.39, 0.29) is 11.7 Å². The third kappa shape index (κ3) is 5.28. The van der Waals surface area contributed by atoms with Crippen molar-refractivity contribution in [2.75, 3.05) is 16.0 Å². The van der Waals surface area contributed by atoms with Gasteiger partial charge in [-0.05, 0) is 55.5 Å². The van der Waals surface area contributed by atoms with E-state index >= 15 is 0 Å². The Hall–Kier alpha value is -3.48. The molecule has 0 saturated carbocycles. The maximum Gasteiger partial charge on any atom is 0.314 e. The lowest BCUT2D eigenvalue weighted by Crippen LogP contribution is -2.29. The molecule has 3 N–H and O–H groups in total. The molecular formula is C18H17N3O4. The molecule has 0 aromatic heterocycles. The molecule has 2 aromatic rings. The van der Waals surface area contributed by atoms with E-state index in [1.54, 1.807) is 48.5 Å². The predicted octanol–water partition coefficient (Wildman–Crippen LogP) is 2.42. The lowest BCUT2D eigenvalue weighted by Gasteiger charge is -2.08. The average Bonchev–Trinajstić information content (AvgIpc) is 2.56. The molecule has 0 fully saturated rings. The van der Waals surface area contributed by atoms with Crippen LogP contribution >= 0.6 is 0 Å². The van der Waals surface area contributed by atoms with Gasteiger partial charge >= 0.3 is 11.8 Å². The second-order valence-electron chi connectivity index (χ2n) is 5.30. The van der Waals surface area contributed by atoms with Gasteiger partial charge in [-0.1, -0.05) is 0 Å². The summed E-state index contributed by atoms with van der Waals surface area (Å²) in [5, 5.41) is 7.50. The molecule has 7 heteroatoms. The van der Waals surface area contributed by atoms with Crippen molar-refractivity contribution < 1.29 is 19.2 Å². The van der Waals surface area contributed by atoms with Crippen LogP contribution in [0.1, 0.15) is 24.2 Å². The largest absolute Gasteiger partial charge is 0.326 e. The fourth-order valence-corrected chi connectivity index (χ4v) is 2.00. The van der Waals surface area contributed by atoms with Gasteiger partial charge in [0, 0.05) is 29.5 Å². The first-order valence-corrected chi connectivity index (χ1v) is 7.46. The maximum absolute atomic E-state index is 11.9. The summed E-state index contributed by atoms with van der Waals surface area (Å²) in [4.78, 5) is 46.0. The molecule has 0 aliphatic carbocycles. The van der Waals surface area contributed by atoms with E-state index in [0.717, 1.165) is 0 Å². The first-order chi connectivity index (χ1) is 11.8.